The Kier molecular flexibility index (Phi) is 4.71. The van der Waals surface area contributed by atoms with Crippen molar-refractivity contribution in [2.24, 2.45) is 0 Å². The second-order valence-electron chi connectivity index (χ2n) is 5.89. The minimum absolute atomic E-state index is 0.230. The number of hydrogen-bond acceptors (Lipinski definition) is 6. The Hall–Kier alpha value is -2.54. The maximum Gasteiger partial charge on any atom is 0.272 e. The fourth-order valence-electron chi connectivity index (χ4n) is 2.97. The Labute approximate surface area is 140 Å². The van der Waals surface area contributed by atoms with Crippen molar-refractivity contribution in [3.63, 3.8) is 0 Å². The number of ether oxygens (including phenoxy) is 1. The van der Waals surface area contributed by atoms with Crippen LogP contribution in [0.25, 0.3) is 0 Å². The zero-order valence-electron chi connectivity index (χ0n) is 13.7. The van der Waals surface area contributed by atoms with Crippen molar-refractivity contribution in [3.8, 4) is 5.75 Å². The molecule has 3 rings (SSSR count). The number of aryl methyl sites for hydroxylation is 1. The topological polar surface area (TPSA) is 88.4 Å². The van der Waals surface area contributed by atoms with Gasteiger partial charge in [0.05, 0.1) is 12.2 Å². The maximum atomic E-state index is 12.6. The lowest BCUT2D eigenvalue weighted by Crippen LogP contribution is -2.45. The molecule has 1 aliphatic rings. The summed E-state index contributed by atoms with van der Waals surface area (Å²) in [6.07, 6.45) is 5.04. The average molecular weight is 328 g/mol. The largest absolute Gasteiger partial charge is 0.486 e. The van der Waals surface area contributed by atoms with Gasteiger partial charge in [-0.25, -0.2) is 9.97 Å². The Morgan fingerprint density at radius 2 is 2.17 bits per heavy atom. The van der Waals surface area contributed by atoms with Gasteiger partial charge in [-0.2, -0.15) is 0 Å². The van der Waals surface area contributed by atoms with Crippen LogP contribution in [0.15, 0.2) is 36.8 Å². The average Bonchev–Trinajstić information content (AvgIpc) is 2.95. The van der Waals surface area contributed by atoms with Crippen molar-refractivity contribution in [1.82, 2.24) is 19.9 Å². The van der Waals surface area contributed by atoms with E-state index in [1.54, 1.807) is 55.7 Å². The van der Waals surface area contributed by atoms with Gasteiger partial charge in [-0.3, -0.25) is 9.78 Å². The number of likely N-dealkylation sites (N-methyl/N-ethyl adjacent to an activating group) is 1. The van der Waals surface area contributed by atoms with Crippen molar-refractivity contribution < 1.29 is 14.6 Å². The molecule has 1 fully saturated rings. The lowest BCUT2D eigenvalue weighted by atomic mass is 10.1. The van der Waals surface area contributed by atoms with Crippen LogP contribution in [-0.4, -0.2) is 56.2 Å². The third-order valence-corrected chi connectivity index (χ3v) is 4.26. The van der Waals surface area contributed by atoms with Gasteiger partial charge in [0.2, 0.25) is 0 Å². The molecule has 1 amide bonds. The minimum Gasteiger partial charge on any atom is -0.486 e. The molecule has 24 heavy (non-hydrogen) atoms. The molecule has 126 valence electrons. The van der Waals surface area contributed by atoms with Crippen LogP contribution in [0.1, 0.15) is 29.2 Å². The van der Waals surface area contributed by atoms with Crippen molar-refractivity contribution in [1.29, 1.82) is 0 Å². The van der Waals surface area contributed by atoms with Crippen LogP contribution >= 0.6 is 0 Å². The predicted octanol–water partition coefficient (Wildman–Crippen LogP) is 1.22. The van der Waals surface area contributed by atoms with Gasteiger partial charge in [0.25, 0.3) is 5.91 Å². The molecule has 7 heteroatoms. The van der Waals surface area contributed by atoms with Crippen molar-refractivity contribution >= 4 is 5.91 Å². The van der Waals surface area contributed by atoms with Gasteiger partial charge in [0, 0.05) is 19.4 Å². The van der Waals surface area contributed by atoms with Gasteiger partial charge in [-0.05, 0) is 38.0 Å². The van der Waals surface area contributed by atoms with Crippen molar-refractivity contribution in [2.45, 2.75) is 38.0 Å². The highest BCUT2D eigenvalue weighted by atomic mass is 16.5. The zero-order chi connectivity index (χ0) is 17.1. The molecule has 0 saturated heterocycles. The van der Waals surface area contributed by atoms with E-state index in [0.717, 1.165) is 0 Å². The summed E-state index contributed by atoms with van der Waals surface area (Å²) in [6.45, 7) is 1.74. The highest BCUT2D eigenvalue weighted by molar-refractivity contribution is 5.92. The number of rotatable bonds is 4. The Morgan fingerprint density at radius 3 is 2.88 bits per heavy atom. The monoisotopic (exact) mass is 328 g/mol. The summed E-state index contributed by atoms with van der Waals surface area (Å²) >= 11 is 0. The van der Waals surface area contributed by atoms with Crippen LogP contribution in [0.2, 0.25) is 0 Å². The zero-order valence-corrected chi connectivity index (χ0v) is 13.7. The molecule has 2 heterocycles. The predicted molar refractivity (Wildman–Crippen MR) is 86.5 cm³/mol. The van der Waals surface area contributed by atoms with Crippen LogP contribution in [0.4, 0.5) is 0 Å². The van der Waals surface area contributed by atoms with E-state index < -0.39 is 6.10 Å². The fraction of sp³-hybridized carbons (Fsp3) is 0.412. The fourth-order valence-corrected chi connectivity index (χ4v) is 2.97. The molecule has 1 saturated carbocycles. The van der Waals surface area contributed by atoms with E-state index in [1.165, 1.54) is 0 Å². The number of carbonyl (C=O) groups excluding carboxylic acids is 1. The van der Waals surface area contributed by atoms with E-state index in [1.807, 2.05) is 0 Å². The van der Waals surface area contributed by atoms with Crippen molar-refractivity contribution in [3.05, 3.63) is 48.3 Å². The van der Waals surface area contributed by atoms with Gasteiger partial charge in [0.15, 0.2) is 0 Å². The Morgan fingerprint density at radius 1 is 1.33 bits per heavy atom. The standard InChI is InChI=1S/C17H20N4O3/c1-11-19-9-7-13(20-11)17(23)21(2)14-5-6-15(16(14)22)24-12-4-3-8-18-10-12/h3-4,7-10,14-16,22H,5-6H2,1-2H3/t14-,15-,16-/m1/s1. The number of nitrogens with zero attached hydrogens (tertiary/aromatic N) is 4. The number of aromatic nitrogens is 3. The first-order chi connectivity index (χ1) is 11.6. The van der Waals surface area contributed by atoms with E-state index in [9.17, 15) is 9.90 Å². The summed E-state index contributed by atoms with van der Waals surface area (Å²) in [7, 11) is 1.68. The second-order valence-corrected chi connectivity index (χ2v) is 5.89. The maximum absolute atomic E-state index is 12.6. The number of carbonyl (C=O) groups is 1. The van der Waals surface area contributed by atoms with Gasteiger partial charge in [0.1, 0.15) is 29.5 Å². The van der Waals surface area contributed by atoms with Crippen LogP contribution in [-0.2, 0) is 0 Å². The molecule has 0 aromatic carbocycles. The molecule has 2 aromatic heterocycles. The van der Waals surface area contributed by atoms with E-state index in [0.29, 0.717) is 30.1 Å². The molecular weight excluding hydrogens is 308 g/mol. The molecule has 0 unspecified atom stereocenters. The quantitative estimate of drug-likeness (QED) is 0.908. The van der Waals surface area contributed by atoms with Crippen LogP contribution < -0.4 is 4.74 Å². The van der Waals surface area contributed by atoms with Crippen LogP contribution in [0.3, 0.4) is 0 Å². The lowest BCUT2D eigenvalue weighted by molar-refractivity contribution is 0.0163. The first-order valence-electron chi connectivity index (χ1n) is 7.88. The summed E-state index contributed by atoms with van der Waals surface area (Å²) in [6, 6.07) is 4.85. The number of aliphatic hydroxyl groups excluding tert-OH is 1. The van der Waals surface area contributed by atoms with E-state index >= 15 is 0 Å². The smallest absolute Gasteiger partial charge is 0.272 e. The normalized spacial score (nSPS) is 23.0. The number of pyridine rings is 1. The Bertz CT molecular complexity index is 710. The van der Waals surface area contributed by atoms with E-state index in [-0.39, 0.29) is 18.1 Å². The summed E-state index contributed by atoms with van der Waals surface area (Å²) in [5.41, 5.74) is 0.328. The molecule has 0 spiro atoms. The molecule has 1 N–H and O–H groups in total. The van der Waals surface area contributed by atoms with E-state index in [4.69, 9.17) is 4.74 Å². The molecule has 1 aliphatic carbocycles. The molecule has 0 aliphatic heterocycles. The highest BCUT2D eigenvalue weighted by Crippen LogP contribution is 2.28. The number of aliphatic hydroxyl groups is 1. The molecule has 0 radical (unpaired) electrons. The van der Waals surface area contributed by atoms with Gasteiger partial charge in [-0.1, -0.05) is 0 Å². The summed E-state index contributed by atoms with van der Waals surface area (Å²) in [5.74, 6) is 0.924. The van der Waals surface area contributed by atoms with E-state index in [2.05, 4.69) is 15.0 Å². The molecule has 2 aromatic rings. The van der Waals surface area contributed by atoms with Gasteiger partial charge >= 0.3 is 0 Å². The number of amides is 1. The van der Waals surface area contributed by atoms with Crippen molar-refractivity contribution in [2.75, 3.05) is 7.05 Å². The first-order valence-corrected chi connectivity index (χ1v) is 7.88. The first kappa shape index (κ1) is 16.3. The van der Waals surface area contributed by atoms with Crippen LogP contribution in [0, 0.1) is 6.92 Å². The summed E-state index contributed by atoms with van der Waals surface area (Å²) in [5, 5.41) is 10.6. The highest BCUT2D eigenvalue weighted by Gasteiger charge is 2.40. The molecule has 7 nitrogen and oxygen atoms in total. The third-order valence-electron chi connectivity index (χ3n) is 4.26. The molecule has 0 bridgehead atoms. The lowest BCUT2D eigenvalue weighted by Gasteiger charge is -2.28. The molecule has 3 atom stereocenters. The summed E-state index contributed by atoms with van der Waals surface area (Å²) in [4.78, 5) is 26.3. The number of hydrogen-bond donors (Lipinski definition) is 1. The molecular formula is C17H20N4O3. The van der Waals surface area contributed by atoms with Gasteiger partial charge in [-0.15, -0.1) is 0 Å². The summed E-state index contributed by atoms with van der Waals surface area (Å²) < 4.78 is 5.80. The SMILES string of the molecule is Cc1nccc(C(=O)N(C)[C@@H]2CC[C@@H](Oc3cccnc3)[C@@H]2O)n1. The minimum atomic E-state index is -0.762. The second kappa shape index (κ2) is 6.92. The third kappa shape index (κ3) is 3.35. The van der Waals surface area contributed by atoms with Gasteiger partial charge < -0.3 is 14.7 Å². The van der Waals surface area contributed by atoms with Crippen LogP contribution in [0.5, 0.6) is 5.75 Å². The Balaban J connectivity index is 1.68.